The zero-order valence-corrected chi connectivity index (χ0v) is 11.7. The Bertz CT molecular complexity index is 752. The van der Waals surface area contributed by atoms with E-state index >= 15 is 0 Å². The van der Waals surface area contributed by atoms with Crippen molar-refractivity contribution in [2.45, 2.75) is 12.1 Å². The summed E-state index contributed by atoms with van der Waals surface area (Å²) in [6, 6.07) is -0.240. The third-order valence-corrected chi connectivity index (χ3v) is 3.79. The van der Waals surface area contributed by atoms with Crippen LogP contribution in [0, 0.1) is 0 Å². The lowest BCUT2D eigenvalue weighted by atomic mass is 10.2. The van der Waals surface area contributed by atoms with Gasteiger partial charge in [-0.3, -0.25) is 9.36 Å². The summed E-state index contributed by atoms with van der Waals surface area (Å²) < 4.78 is 17.9. The summed E-state index contributed by atoms with van der Waals surface area (Å²) in [5, 5.41) is 3.09. The van der Waals surface area contributed by atoms with Gasteiger partial charge in [0.1, 0.15) is 6.35 Å². The highest BCUT2D eigenvalue weighted by atomic mass is 31.2. The highest BCUT2D eigenvalue weighted by molar-refractivity contribution is 7.51. The molecule has 0 unspecified atom stereocenters. The molecular weight excluding hydrogens is 301 g/mol. The number of hydrogen-bond donors (Lipinski definition) is 4. The lowest BCUT2D eigenvalue weighted by Crippen LogP contribution is -2.26. The van der Waals surface area contributed by atoms with Crippen LogP contribution in [0.2, 0.25) is 0 Å². The molecule has 1 fully saturated rings. The topological polar surface area (TPSA) is 142 Å². The molecular formula is C10H14N5O5P. The fourth-order valence-electron chi connectivity index (χ4n) is 2.39. The molecule has 1 aliphatic heterocycles. The molecule has 1 saturated heterocycles. The first-order valence-corrected chi connectivity index (χ1v) is 8.02. The first kappa shape index (κ1) is 14.4. The maximum Gasteiger partial charge on any atom is 0.350 e. The second kappa shape index (κ2) is 5.32. The summed E-state index contributed by atoms with van der Waals surface area (Å²) in [6.07, 6.45) is 1.70. The van der Waals surface area contributed by atoms with E-state index < -0.39 is 20.0 Å². The molecule has 4 N–H and O–H groups in total. The largest absolute Gasteiger partial charge is 0.362 e. The molecule has 2 atom stereocenters. The van der Waals surface area contributed by atoms with E-state index in [1.54, 1.807) is 4.57 Å². The monoisotopic (exact) mass is 315 g/mol. The summed E-state index contributed by atoms with van der Waals surface area (Å²) in [5.74, 6) is 0. The van der Waals surface area contributed by atoms with Gasteiger partial charge in [-0.05, 0) is 0 Å². The smallest absolute Gasteiger partial charge is 0.350 e. The van der Waals surface area contributed by atoms with Gasteiger partial charge in [-0.1, -0.05) is 0 Å². The summed E-state index contributed by atoms with van der Waals surface area (Å²) in [4.78, 5) is 40.0. The molecule has 11 heteroatoms. The Morgan fingerprint density at radius 1 is 1.43 bits per heavy atom. The van der Waals surface area contributed by atoms with Gasteiger partial charge in [0.15, 0.2) is 11.2 Å². The van der Waals surface area contributed by atoms with E-state index in [4.69, 9.17) is 14.5 Å². The summed E-state index contributed by atoms with van der Waals surface area (Å²) >= 11 is 0. The minimum atomic E-state index is -4.22. The van der Waals surface area contributed by atoms with Crippen LogP contribution in [-0.2, 0) is 9.30 Å². The Labute approximate surface area is 118 Å². The van der Waals surface area contributed by atoms with Crippen molar-refractivity contribution in [3.63, 3.8) is 0 Å². The minimum absolute atomic E-state index is 0.220. The molecule has 1 aliphatic rings. The number of nitrogens with one attached hydrogen (secondary N) is 2. The third-order valence-electron chi connectivity index (χ3n) is 3.31. The number of fused-ring (bicyclic) bond motifs is 1. The van der Waals surface area contributed by atoms with Crippen LogP contribution in [-0.4, -0.2) is 54.8 Å². The maximum absolute atomic E-state index is 11.6. The highest BCUT2D eigenvalue weighted by Gasteiger charge is 2.32. The molecule has 0 aliphatic carbocycles. The molecule has 0 spiro atoms. The molecule has 21 heavy (non-hydrogen) atoms. The summed E-state index contributed by atoms with van der Waals surface area (Å²) in [7, 11) is -4.22. The number of H-pyrrole nitrogens is 1. The zero-order valence-electron chi connectivity index (χ0n) is 10.8. The molecule has 3 rings (SSSR count). The quantitative estimate of drug-likeness (QED) is 0.514. The Hall–Kier alpha value is -1.58. The molecule has 0 amide bonds. The normalized spacial score (nSPS) is 23.0. The minimum Gasteiger partial charge on any atom is -0.362 e. The molecule has 2 aromatic rings. The van der Waals surface area contributed by atoms with Crippen molar-refractivity contribution in [1.29, 1.82) is 0 Å². The lowest BCUT2D eigenvalue weighted by molar-refractivity contribution is 0.0625. The van der Waals surface area contributed by atoms with Crippen molar-refractivity contribution in [2.75, 3.05) is 19.4 Å². The van der Waals surface area contributed by atoms with Crippen molar-refractivity contribution < 1.29 is 19.1 Å². The van der Waals surface area contributed by atoms with Gasteiger partial charge in [0.2, 0.25) is 0 Å². The SMILES string of the molecule is O=c1[nH]cnc2c1ncn2[C@@H]1CNC[C@H]1OCP(=O)(O)O. The van der Waals surface area contributed by atoms with Crippen molar-refractivity contribution >= 4 is 18.8 Å². The van der Waals surface area contributed by atoms with Gasteiger partial charge >= 0.3 is 7.60 Å². The second-order valence-electron chi connectivity index (χ2n) is 4.78. The first-order valence-electron chi connectivity index (χ1n) is 6.23. The van der Waals surface area contributed by atoms with Gasteiger partial charge in [0, 0.05) is 13.1 Å². The molecule has 2 aromatic heterocycles. The van der Waals surface area contributed by atoms with Crippen molar-refractivity contribution in [1.82, 2.24) is 24.8 Å². The molecule has 0 radical (unpaired) electrons. The van der Waals surface area contributed by atoms with Gasteiger partial charge in [0.25, 0.3) is 5.56 Å². The standard InChI is InChI=1S/C10H14N5O5P/c16-10-8-9(12-3-13-10)15(4-14-8)6-1-11-2-7(6)20-5-21(17,18)19/h3-4,6-7,11H,1-2,5H2,(H,12,13,16)(H2,17,18,19)/t6-,7-/m1/s1. The maximum atomic E-state index is 11.6. The van der Waals surface area contributed by atoms with E-state index in [2.05, 4.69) is 20.3 Å². The fraction of sp³-hybridized carbons (Fsp3) is 0.500. The Balaban J connectivity index is 1.89. The van der Waals surface area contributed by atoms with Crippen LogP contribution >= 0.6 is 7.60 Å². The van der Waals surface area contributed by atoms with Gasteiger partial charge < -0.3 is 29.4 Å². The van der Waals surface area contributed by atoms with Crippen LogP contribution in [0.15, 0.2) is 17.4 Å². The van der Waals surface area contributed by atoms with Crippen LogP contribution in [0.5, 0.6) is 0 Å². The van der Waals surface area contributed by atoms with Gasteiger partial charge in [-0.15, -0.1) is 0 Å². The van der Waals surface area contributed by atoms with Crippen molar-refractivity contribution in [2.24, 2.45) is 0 Å². The number of hydrogen-bond acceptors (Lipinski definition) is 6. The third kappa shape index (κ3) is 2.89. The molecule has 0 bridgehead atoms. The number of rotatable bonds is 4. The van der Waals surface area contributed by atoms with Crippen LogP contribution in [0.1, 0.15) is 6.04 Å². The van der Waals surface area contributed by atoms with Crippen LogP contribution in [0.3, 0.4) is 0 Å². The predicted molar refractivity (Wildman–Crippen MR) is 71.8 cm³/mol. The Morgan fingerprint density at radius 2 is 2.24 bits per heavy atom. The summed E-state index contributed by atoms with van der Waals surface area (Å²) in [6.45, 7) is 0.985. The van der Waals surface area contributed by atoms with Crippen LogP contribution in [0.4, 0.5) is 0 Å². The first-order chi connectivity index (χ1) is 9.96. The number of ether oxygens (including phenoxy) is 1. The van der Waals surface area contributed by atoms with E-state index in [1.807, 2.05) is 0 Å². The van der Waals surface area contributed by atoms with Crippen LogP contribution < -0.4 is 10.9 Å². The Morgan fingerprint density at radius 3 is 3.00 bits per heavy atom. The van der Waals surface area contributed by atoms with E-state index in [0.29, 0.717) is 18.7 Å². The molecule has 0 aromatic carbocycles. The fourth-order valence-corrected chi connectivity index (χ4v) is 2.77. The zero-order chi connectivity index (χ0) is 15.0. The number of aromatic nitrogens is 4. The molecule has 114 valence electrons. The lowest BCUT2D eigenvalue weighted by Gasteiger charge is -2.20. The van der Waals surface area contributed by atoms with E-state index in [9.17, 15) is 9.36 Å². The molecule has 10 nitrogen and oxygen atoms in total. The summed E-state index contributed by atoms with van der Waals surface area (Å²) in [5.41, 5.74) is 0.299. The highest BCUT2D eigenvalue weighted by Crippen LogP contribution is 2.35. The van der Waals surface area contributed by atoms with Gasteiger partial charge in [-0.2, -0.15) is 0 Å². The Kier molecular flexibility index (Phi) is 3.64. The average molecular weight is 315 g/mol. The predicted octanol–water partition coefficient (Wildman–Crippen LogP) is -1.22. The van der Waals surface area contributed by atoms with Crippen molar-refractivity contribution in [3.05, 3.63) is 23.0 Å². The number of nitrogens with zero attached hydrogens (tertiary/aromatic N) is 3. The van der Waals surface area contributed by atoms with E-state index in [-0.39, 0.29) is 17.1 Å². The van der Waals surface area contributed by atoms with E-state index in [0.717, 1.165) is 0 Å². The number of aromatic amines is 1. The second-order valence-corrected chi connectivity index (χ2v) is 6.37. The number of imidazole rings is 1. The van der Waals surface area contributed by atoms with E-state index in [1.165, 1.54) is 12.7 Å². The average Bonchev–Trinajstić information content (AvgIpc) is 3.01. The van der Waals surface area contributed by atoms with Crippen molar-refractivity contribution in [3.8, 4) is 0 Å². The molecule has 3 heterocycles. The van der Waals surface area contributed by atoms with Gasteiger partial charge in [-0.25, -0.2) is 9.97 Å². The van der Waals surface area contributed by atoms with Crippen LogP contribution in [0.25, 0.3) is 11.2 Å². The molecule has 0 saturated carbocycles. The van der Waals surface area contributed by atoms with Gasteiger partial charge in [0.05, 0.1) is 24.8 Å².